The van der Waals surface area contributed by atoms with Gasteiger partial charge in [0.25, 0.3) is 0 Å². The fourth-order valence-corrected chi connectivity index (χ4v) is 2.49. The molecule has 0 saturated carbocycles. The van der Waals surface area contributed by atoms with E-state index in [0.29, 0.717) is 6.04 Å². The van der Waals surface area contributed by atoms with Gasteiger partial charge >= 0.3 is 0 Å². The van der Waals surface area contributed by atoms with Crippen molar-refractivity contribution in [2.24, 2.45) is 0 Å². The molecule has 0 fully saturated rings. The average molecular weight is 247 g/mol. The fraction of sp³-hybridized carbons (Fsp3) is 0.647. The molecule has 1 N–H and O–H groups in total. The van der Waals surface area contributed by atoms with Gasteiger partial charge in [0, 0.05) is 6.04 Å². The minimum absolute atomic E-state index is 0.606. The number of hydrogen-bond donors (Lipinski definition) is 1. The van der Waals surface area contributed by atoms with Crippen LogP contribution in [0.5, 0.6) is 0 Å². The minimum Gasteiger partial charge on any atom is -0.315 e. The monoisotopic (exact) mass is 247 g/mol. The number of hydrogen-bond acceptors (Lipinski definition) is 1. The molecule has 0 bridgehead atoms. The van der Waals surface area contributed by atoms with E-state index in [-0.39, 0.29) is 0 Å². The number of unbranched alkanes of at least 4 members (excludes halogenated alkanes) is 1. The molecule has 0 unspecified atom stereocenters. The van der Waals surface area contributed by atoms with Crippen LogP contribution in [0.4, 0.5) is 0 Å². The predicted molar refractivity (Wildman–Crippen MR) is 81.5 cm³/mol. The molecule has 0 spiro atoms. The summed E-state index contributed by atoms with van der Waals surface area (Å²) in [6, 6.07) is 2.92. The summed E-state index contributed by atoms with van der Waals surface area (Å²) in [6.07, 6.45) is 3.77. The molecular formula is C17H29N. The lowest BCUT2D eigenvalue weighted by Gasteiger charge is -2.15. The highest BCUT2D eigenvalue weighted by atomic mass is 14.9. The molecule has 0 amide bonds. The van der Waals surface area contributed by atoms with Gasteiger partial charge in [-0.15, -0.1) is 0 Å². The zero-order valence-corrected chi connectivity index (χ0v) is 13.0. The second-order valence-electron chi connectivity index (χ2n) is 5.80. The molecule has 0 heterocycles. The average Bonchev–Trinajstić information content (AvgIpc) is 2.30. The Morgan fingerprint density at radius 3 is 2.00 bits per heavy atom. The van der Waals surface area contributed by atoms with Gasteiger partial charge in [-0.25, -0.2) is 0 Å². The normalized spacial score (nSPS) is 11.3. The lowest BCUT2D eigenvalue weighted by molar-refractivity contribution is 0.557. The minimum atomic E-state index is 0.606. The molecule has 0 radical (unpaired) electrons. The van der Waals surface area contributed by atoms with Crippen LogP contribution in [0.2, 0.25) is 0 Å². The van der Waals surface area contributed by atoms with Gasteiger partial charge < -0.3 is 5.32 Å². The molecule has 1 aromatic rings. The Kier molecular flexibility index (Phi) is 5.87. The maximum Gasteiger partial charge on any atom is 0.00103 e. The fourth-order valence-electron chi connectivity index (χ4n) is 2.49. The van der Waals surface area contributed by atoms with E-state index in [1.165, 1.54) is 41.5 Å². The maximum absolute atomic E-state index is 3.48. The van der Waals surface area contributed by atoms with Crippen molar-refractivity contribution >= 4 is 0 Å². The van der Waals surface area contributed by atoms with Crippen molar-refractivity contribution in [1.82, 2.24) is 5.32 Å². The van der Waals surface area contributed by atoms with Crippen molar-refractivity contribution < 1.29 is 0 Å². The smallest absolute Gasteiger partial charge is 0.00103 e. The molecule has 1 aromatic carbocycles. The topological polar surface area (TPSA) is 12.0 Å². The summed E-state index contributed by atoms with van der Waals surface area (Å²) in [6.45, 7) is 14.5. The SMILES string of the molecule is Cc1cc(C)c(C)c(CCCCNC(C)C)c1C. The first-order valence-corrected chi connectivity index (χ1v) is 7.23. The van der Waals surface area contributed by atoms with E-state index in [1.807, 2.05) is 0 Å². The Morgan fingerprint density at radius 2 is 1.50 bits per heavy atom. The Labute approximate surface area is 113 Å². The molecule has 1 rings (SSSR count). The van der Waals surface area contributed by atoms with Gasteiger partial charge in [-0.05, 0) is 81.3 Å². The second-order valence-corrected chi connectivity index (χ2v) is 5.80. The first-order chi connectivity index (χ1) is 8.43. The summed E-state index contributed by atoms with van der Waals surface area (Å²) in [4.78, 5) is 0. The Morgan fingerprint density at radius 1 is 0.944 bits per heavy atom. The number of benzene rings is 1. The van der Waals surface area contributed by atoms with Crippen molar-refractivity contribution in [2.75, 3.05) is 6.54 Å². The van der Waals surface area contributed by atoms with Crippen molar-refractivity contribution in [1.29, 1.82) is 0 Å². The molecule has 102 valence electrons. The van der Waals surface area contributed by atoms with Gasteiger partial charge in [0.05, 0.1) is 0 Å². The molecule has 0 aliphatic carbocycles. The summed E-state index contributed by atoms with van der Waals surface area (Å²) in [7, 11) is 0. The molecule has 1 heteroatoms. The summed E-state index contributed by atoms with van der Waals surface area (Å²) in [5.74, 6) is 0. The Balaban J connectivity index is 2.57. The summed E-state index contributed by atoms with van der Waals surface area (Å²) >= 11 is 0. The highest BCUT2D eigenvalue weighted by Gasteiger charge is 2.07. The van der Waals surface area contributed by atoms with E-state index >= 15 is 0 Å². The van der Waals surface area contributed by atoms with Crippen molar-refractivity contribution in [3.63, 3.8) is 0 Å². The first-order valence-electron chi connectivity index (χ1n) is 7.23. The van der Waals surface area contributed by atoms with E-state index < -0.39 is 0 Å². The van der Waals surface area contributed by atoms with Crippen LogP contribution in [0.15, 0.2) is 6.07 Å². The van der Waals surface area contributed by atoms with E-state index in [0.717, 1.165) is 6.54 Å². The van der Waals surface area contributed by atoms with E-state index in [2.05, 4.69) is 52.9 Å². The molecule has 0 aromatic heterocycles. The van der Waals surface area contributed by atoms with Crippen LogP contribution in [0.1, 0.15) is 54.5 Å². The van der Waals surface area contributed by atoms with Crippen LogP contribution in [0.3, 0.4) is 0 Å². The Hall–Kier alpha value is -0.820. The molecule has 18 heavy (non-hydrogen) atoms. The van der Waals surface area contributed by atoms with Gasteiger partial charge in [-0.2, -0.15) is 0 Å². The molecule has 0 atom stereocenters. The van der Waals surface area contributed by atoms with Gasteiger partial charge in [-0.1, -0.05) is 19.9 Å². The quantitative estimate of drug-likeness (QED) is 0.741. The van der Waals surface area contributed by atoms with Crippen LogP contribution in [-0.2, 0) is 6.42 Å². The van der Waals surface area contributed by atoms with Gasteiger partial charge in [0.2, 0.25) is 0 Å². The predicted octanol–water partition coefficient (Wildman–Crippen LogP) is 4.24. The van der Waals surface area contributed by atoms with Crippen molar-refractivity contribution in [3.8, 4) is 0 Å². The van der Waals surface area contributed by atoms with Crippen LogP contribution >= 0.6 is 0 Å². The number of rotatable bonds is 6. The lowest BCUT2D eigenvalue weighted by atomic mass is 9.91. The highest BCUT2D eigenvalue weighted by molar-refractivity contribution is 5.43. The second kappa shape index (κ2) is 6.94. The Bertz CT molecular complexity index is 365. The third kappa shape index (κ3) is 4.13. The zero-order valence-electron chi connectivity index (χ0n) is 13.0. The van der Waals surface area contributed by atoms with Gasteiger partial charge in [0.15, 0.2) is 0 Å². The standard InChI is InChI=1S/C17H29N/c1-12(2)18-10-8-7-9-17-15(5)13(3)11-14(4)16(17)6/h11-12,18H,7-10H2,1-6H3. The van der Waals surface area contributed by atoms with E-state index in [9.17, 15) is 0 Å². The number of aryl methyl sites for hydroxylation is 2. The van der Waals surface area contributed by atoms with Crippen LogP contribution in [-0.4, -0.2) is 12.6 Å². The molecule has 0 aliphatic rings. The molecule has 1 nitrogen and oxygen atoms in total. The van der Waals surface area contributed by atoms with Crippen LogP contribution < -0.4 is 5.32 Å². The molecule has 0 aliphatic heterocycles. The van der Waals surface area contributed by atoms with Crippen molar-refractivity contribution in [3.05, 3.63) is 33.9 Å². The van der Waals surface area contributed by atoms with E-state index in [1.54, 1.807) is 5.56 Å². The summed E-state index contributed by atoms with van der Waals surface area (Å²) < 4.78 is 0. The summed E-state index contributed by atoms with van der Waals surface area (Å²) in [5.41, 5.74) is 7.45. The first kappa shape index (κ1) is 15.2. The number of nitrogens with one attached hydrogen (secondary N) is 1. The third-order valence-electron chi connectivity index (χ3n) is 3.93. The van der Waals surface area contributed by atoms with Crippen LogP contribution in [0.25, 0.3) is 0 Å². The van der Waals surface area contributed by atoms with Gasteiger partial charge in [-0.3, -0.25) is 0 Å². The molecule has 0 saturated heterocycles. The molecular weight excluding hydrogens is 218 g/mol. The lowest BCUT2D eigenvalue weighted by Crippen LogP contribution is -2.23. The largest absolute Gasteiger partial charge is 0.315 e. The zero-order chi connectivity index (χ0) is 13.7. The van der Waals surface area contributed by atoms with Crippen molar-refractivity contribution in [2.45, 2.75) is 66.8 Å². The van der Waals surface area contributed by atoms with Gasteiger partial charge in [0.1, 0.15) is 0 Å². The van der Waals surface area contributed by atoms with E-state index in [4.69, 9.17) is 0 Å². The van der Waals surface area contributed by atoms with Crippen LogP contribution in [0, 0.1) is 27.7 Å². The maximum atomic E-state index is 3.48. The highest BCUT2D eigenvalue weighted by Crippen LogP contribution is 2.23. The third-order valence-corrected chi connectivity index (χ3v) is 3.93. The summed E-state index contributed by atoms with van der Waals surface area (Å²) in [5, 5.41) is 3.48.